The number of esters is 1. The molecule has 0 N–H and O–H groups in total. The monoisotopic (exact) mass is 238 g/mol. The first kappa shape index (κ1) is 10.9. The maximum atomic E-state index is 12.2. The Morgan fingerprint density at radius 2 is 2.06 bits per heavy atom. The van der Waals surface area contributed by atoms with Crippen LogP contribution in [0, 0.1) is 5.92 Å². The van der Waals surface area contributed by atoms with Crippen molar-refractivity contribution in [2.45, 2.75) is 37.8 Å². The van der Waals surface area contributed by atoms with Gasteiger partial charge in [0.05, 0.1) is 19.1 Å². The van der Waals surface area contributed by atoms with Crippen molar-refractivity contribution < 1.29 is 14.3 Å². The molecule has 2 heterocycles. The van der Waals surface area contributed by atoms with Crippen LogP contribution >= 0.6 is 0 Å². The Balaban J connectivity index is 1.79. The number of hydrogen-bond donors (Lipinski definition) is 0. The largest absolute Gasteiger partial charge is 0.469 e. The van der Waals surface area contributed by atoms with Gasteiger partial charge in [0.25, 0.3) is 0 Å². The van der Waals surface area contributed by atoms with E-state index in [0.29, 0.717) is 12.6 Å². The first-order chi connectivity index (χ1) is 8.22. The van der Waals surface area contributed by atoms with E-state index in [1.54, 1.807) is 0 Å². The minimum Gasteiger partial charge on any atom is -0.469 e. The number of piperidine rings is 1. The molecular formula is C12H18N2O3. The van der Waals surface area contributed by atoms with Crippen LogP contribution in [0.25, 0.3) is 0 Å². The minimum atomic E-state index is -0.162. The number of amides is 2. The average Bonchev–Trinajstić information content (AvgIpc) is 3.14. The van der Waals surface area contributed by atoms with Crippen LogP contribution < -0.4 is 0 Å². The summed E-state index contributed by atoms with van der Waals surface area (Å²) in [5, 5.41) is 0. The third kappa shape index (κ3) is 1.68. The molecule has 5 nitrogen and oxygen atoms in total. The number of urea groups is 1. The van der Waals surface area contributed by atoms with Gasteiger partial charge in [0, 0.05) is 19.1 Å². The van der Waals surface area contributed by atoms with E-state index in [2.05, 4.69) is 0 Å². The van der Waals surface area contributed by atoms with E-state index in [4.69, 9.17) is 4.74 Å². The third-order valence-electron chi connectivity index (χ3n) is 4.15. The molecule has 3 aliphatic rings. The molecule has 2 unspecified atom stereocenters. The highest BCUT2D eigenvalue weighted by atomic mass is 16.5. The number of carbonyl (C=O) groups is 2. The molecule has 0 spiro atoms. The summed E-state index contributed by atoms with van der Waals surface area (Å²) < 4.78 is 4.85. The Kier molecular flexibility index (Phi) is 2.49. The second-order valence-corrected chi connectivity index (χ2v) is 5.20. The van der Waals surface area contributed by atoms with Gasteiger partial charge in [0.1, 0.15) is 0 Å². The molecule has 2 aliphatic heterocycles. The molecule has 3 fully saturated rings. The lowest BCUT2D eigenvalue weighted by Crippen LogP contribution is -2.46. The van der Waals surface area contributed by atoms with Crippen molar-refractivity contribution in [3.8, 4) is 0 Å². The number of ether oxygens (including phenoxy) is 1. The summed E-state index contributed by atoms with van der Waals surface area (Å²) in [6, 6.07) is 0.613. The zero-order valence-corrected chi connectivity index (χ0v) is 10.1. The van der Waals surface area contributed by atoms with Gasteiger partial charge in [0.2, 0.25) is 0 Å². The normalized spacial score (nSPS) is 32.6. The molecule has 0 aromatic carbocycles. The quantitative estimate of drug-likeness (QED) is 0.670. The maximum absolute atomic E-state index is 12.2. The second kappa shape index (κ2) is 3.89. The number of rotatable bonds is 2. The van der Waals surface area contributed by atoms with Crippen LogP contribution in [-0.4, -0.2) is 54.1 Å². The number of carbonyl (C=O) groups excluding carboxylic acids is 2. The summed E-state index contributed by atoms with van der Waals surface area (Å²) >= 11 is 0. The molecule has 94 valence electrons. The maximum Gasteiger partial charge on any atom is 0.320 e. The Bertz CT molecular complexity index is 354. The Hall–Kier alpha value is -1.26. The summed E-state index contributed by atoms with van der Waals surface area (Å²) in [5.74, 6) is -0.286. The molecule has 0 aromatic rings. The molecule has 2 amide bonds. The van der Waals surface area contributed by atoms with Crippen molar-refractivity contribution in [2.75, 3.05) is 20.2 Å². The predicted octanol–water partition coefficient (Wildman–Crippen LogP) is 0.838. The standard InChI is InChI=1S/C12H18N2O3/c1-17-11(15)9-3-2-6-13-10(9)7-14(12(13)16)8-4-5-8/h8-10H,2-7H2,1H3. The van der Waals surface area contributed by atoms with Crippen LogP contribution in [0.1, 0.15) is 25.7 Å². The van der Waals surface area contributed by atoms with E-state index in [-0.39, 0.29) is 24.0 Å². The number of methoxy groups -OCH3 is 1. The number of fused-ring (bicyclic) bond motifs is 1. The van der Waals surface area contributed by atoms with E-state index in [0.717, 1.165) is 32.2 Å². The Morgan fingerprint density at radius 3 is 2.71 bits per heavy atom. The van der Waals surface area contributed by atoms with Crippen molar-refractivity contribution in [1.82, 2.24) is 9.80 Å². The minimum absolute atomic E-state index is 0.0456. The van der Waals surface area contributed by atoms with Gasteiger partial charge in [-0.3, -0.25) is 4.79 Å². The Morgan fingerprint density at radius 1 is 1.29 bits per heavy atom. The molecule has 2 atom stereocenters. The molecule has 3 rings (SSSR count). The molecule has 2 saturated heterocycles. The fourth-order valence-corrected chi connectivity index (χ4v) is 3.08. The van der Waals surface area contributed by atoms with E-state index < -0.39 is 0 Å². The van der Waals surface area contributed by atoms with Gasteiger partial charge in [0.15, 0.2) is 0 Å². The lowest BCUT2D eigenvalue weighted by Gasteiger charge is -2.33. The van der Waals surface area contributed by atoms with Gasteiger partial charge in [-0.05, 0) is 25.7 Å². The summed E-state index contributed by atoms with van der Waals surface area (Å²) in [5.41, 5.74) is 0. The molecule has 0 aromatic heterocycles. The molecular weight excluding hydrogens is 220 g/mol. The molecule has 0 bridgehead atoms. The van der Waals surface area contributed by atoms with Gasteiger partial charge in [-0.1, -0.05) is 0 Å². The second-order valence-electron chi connectivity index (χ2n) is 5.20. The van der Waals surface area contributed by atoms with Crippen molar-refractivity contribution in [1.29, 1.82) is 0 Å². The van der Waals surface area contributed by atoms with Crippen molar-refractivity contribution in [3.63, 3.8) is 0 Å². The lowest BCUT2D eigenvalue weighted by molar-refractivity contribution is -0.148. The topological polar surface area (TPSA) is 49.9 Å². The zero-order chi connectivity index (χ0) is 12.0. The number of hydrogen-bond acceptors (Lipinski definition) is 3. The van der Waals surface area contributed by atoms with Gasteiger partial charge < -0.3 is 14.5 Å². The molecule has 5 heteroatoms. The van der Waals surface area contributed by atoms with Crippen LogP contribution in [0.15, 0.2) is 0 Å². The van der Waals surface area contributed by atoms with Crippen LogP contribution in [0.4, 0.5) is 4.79 Å². The zero-order valence-electron chi connectivity index (χ0n) is 10.1. The number of nitrogens with zero attached hydrogens (tertiary/aromatic N) is 2. The van der Waals surface area contributed by atoms with Gasteiger partial charge in [-0.15, -0.1) is 0 Å². The van der Waals surface area contributed by atoms with Crippen molar-refractivity contribution >= 4 is 12.0 Å². The summed E-state index contributed by atoms with van der Waals surface area (Å²) in [6.45, 7) is 1.50. The SMILES string of the molecule is COC(=O)C1CCCN2C(=O)N(C3CC3)CC12. The highest BCUT2D eigenvalue weighted by molar-refractivity contribution is 5.81. The van der Waals surface area contributed by atoms with E-state index in [9.17, 15) is 9.59 Å². The predicted molar refractivity (Wildman–Crippen MR) is 60.4 cm³/mol. The van der Waals surface area contributed by atoms with Crippen LogP contribution in [0.5, 0.6) is 0 Å². The Labute approximate surface area is 101 Å². The van der Waals surface area contributed by atoms with Crippen LogP contribution in [0.2, 0.25) is 0 Å². The first-order valence-electron chi connectivity index (χ1n) is 6.37. The summed E-state index contributed by atoms with van der Waals surface area (Å²) in [7, 11) is 1.43. The van der Waals surface area contributed by atoms with E-state index >= 15 is 0 Å². The highest BCUT2D eigenvalue weighted by Gasteiger charge is 2.49. The summed E-state index contributed by atoms with van der Waals surface area (Å²) in [6.07, 6.45) is 3.99. The van der Waals surface area contributed by atoms with Gasteiger partial charge >= 0.3 is 12.0 Å². The van der Waals surface area contributed by atoms with Crippen LogP contribution in [-0.2, 0) is 9.53 Å². The van der Waals surface area contributed by atoms with Gasteiger partial charge in [-0.2, -0.15) is 0 Å². The van der Waals surface area contributed by atoms with Gasteiger partial charge in [-0.25, -0.2) is 4.79 Å². The van der Waals surface area contributed by atoms with Crippen molar-refractivity contribution in [2.24, 2.45) is 5.92 Å². The molecule has 0 radical (unpaired) electrons. The lowest BCUT2D eigenvalue weighted by atomic mass is 9.90. The van der Waals surface area contributed by atoms with E-state index in [1.165, 1.54) is 7.11 Å². The molecule has 1 aliphatic carbocycles. The highest BCUT2D eigenvalue weighted by Crippen LogP contribution is 2.37. The molecule has 1 saturated carbocycles. The summed E-state index contributed by atoms with van der Waals surface area (Å²) in [4.78, 5) is 27.7. The van der Waals surface area contributed by atoms with Crippen LogP contribution in [0.3, 0.4) is 0 Å². The van der Waals surface area contributed by atoms with Crippen molar-refractivity contribution in [3.05, 3.63) is 0 Å². The first-order valence-corrected chi connectivity index (χ1v) is 6.37. The third-order valence-corrected chi connectivity index (χ3v) is 4.15. The average molecular weight is 238 g/mol. The fraction of sp³-hybridized carbons (Fsp3) is 0.833. The van der Waals surface area contributed by atoms with E-state index in [1.807, 2.05) is 9.80 Å². The fourth-order valence-electron chi connectivity index (χ4n) is 3.08. The smallest absolute Gasteiger partial charge is 0.320 e. The molecule has 17 heavy (non-hydrogen) atoms.